The molecule has 20 heavy (non-hydrogen) atoms. The van der Waals surface area contributed by atoms with Crippen LogP contribution in [0.25, 0.3) is 0 Å². The lowest BCUT2D eigenvalue weighted by atomic mass is 9.98. The van der Waals surface area contributed by atoms with E-state index in [-0.39, 0.29) is 12.6 Å². The van der Waals surface area contributed by atoms with E-state index in [9.17, 15) is 9.50 Å². The van der Waals surface area contributed by atoms with Crippen molar-refractivity contribution in [1.82, 2.24) is 0 Å². The highest BCUT2D eigenvalue weighted by Gasteiger charge is 2.17. The summed E-state index contributed by atoms with van der Waals surface area (Å²) >= 11 is 0. The summed E-state index contributed by atoms with van der Waals surface area (Å²) in [5.74, 6) is 1.08. The monoisotopic (exact) mass is 274 g/mol. The molecular weight excluding hydrogens is 259 g/mol. The quantitative estimate of drug-likeness (QED) is 0.934. The van der Waals surface area contributed by atoms with E-state index in [0.717, 1.165) is 16.7 Å². The topological polar surface area (TPSA) is 38.7 Å². The highest BCUT2D eigenvalue weighted by Crippen LogP contribution is 2.35. The number of fused-ring (bicyclic) bond motifs is 1. The first-order valence-corrected chi connectivity index (χ1v) is 6.46. The Morgan fingerprint density at radius 1 is 1.15 bits per heavy atom. The molecule has 0 fully saturated rings. The van der Waals surface area contributed by atoms with Crippen LogP contribution in [-0.4, -0.2) is 11.9 Å². The maximum absolute atomic E-state index is 13.1. The van der Waals surface area contributed by atoms with Crippen LogP contribution in [0.3, 0.4) is 0 Å². The first kappa shape index (κ1) is 12.9. The molecule has 3 rings (SSSR count). The third-order valence-electron chi connectivity index (χ3n) is 3.50. The van der Waals surface area contributed by atoms with Gasteiger partial charge in [0, 0.05) is 6.42 Å². The van der Waals surface area contributed by atoms with Crippen LogP contribution in [0.2, 0.25) is 0 Å². The SMILES string of the molecule is Cc1cc(F)ccc1CC(O)c1ccc2c(c1)OCO2. The normalized spacial score (nSPS) is 14.3. The molecule has 0 spiro atoms. The third kappa shape index (κ3) is 2.47. The van der Waals surface area contributed by atoms with Crippen molar-refractivity contribution in [2.24, 2.45) is 0 Å². The number of hydrogen-bond donors (Lipinski definition) is 1. The second-order valence-electron chi connectivity index (χ2n) is 4.90. The minimum absolute atomic E-state index is 0.214. The van der Waals surface area contributed by atoms with E-state index in [1.165, 1.54) is 12.1 Å². The Labute approximate surface area is 116 Å². The van der Waals surface area contributed by atoms with E-state index in [1.54, 1.807) is 18.2 Å². The first-order chi connectivity index (χ1) is 9.63. The Morgan fingerprint density at radius 2 is 1.95 bits per heavy atom. The number of hydrogen-bond acceptors (Lipinski definition) is 3. The Hall–Kier alpha value is -2.07. The van der Waals surface area contributed by atoms with Crippen molar-refractivity contribution in [2.45, 2.75) is 19.4 Å². The Bertz CT molecular complexity index is 640. The summed E-state index contributed by atoms with van der Waals surface area (Å²) in [6.07, 6.45) is -0.222. The smallest absolute Gasteiger partial charge is 0.231 e. The maximum atomic E-state index is 13.1. The van der Waals surface area contributed by atoms with Gasteiger partial charge in [0.2, 0.25) is 6.79 Å². The van der Waals surface area contributed by atoms with Crippen molar-refractivity contribution in [2.75, 3.05) is 6.79 Å². The average molecular weight is 274 g/mol. The zero-order valence-electron chi connectivity index (χ0n) is 11.1. The predicted octanol–water partition coefficient (Wildman–Crippen LogP) is 3.14. The van der Waals surface area contributed by atoms with Crippen LogP contribution >= 0.6 is 0 Å². The fraction of sp³-hybridized carbons (Fsp3) is 0.250. The summed E-state index contributed by atoms with van der Waals surface area (Å²) in [7, 11) is 0. The van der Waals surface area contributed by atoms with Gasteiger partial charge < -0.3 is 14.6 Å². The second-order valence-corrected chi connectivity index (χ2v) is 4.90. The Morgan fingerprint density at radius 3 is 2.75 bits per heavy atom. The molecule has 1 atom stereocenters. The molecule has 3 nitrogen and oxygen atoms in total. The summed E-state index contributed by atoms with van der Waals surface area (Å²) in [6, 6.07) is 9.98. The molecule has 1 unspecified atom stereocenters. The summed E-state index contributed by atoms with van der Waals surface area (Å²) in [5, 5.41) is 10.3. The number of aliphatic hydroxyl groups is 1. The molecule has 0 radical (unpaired) electrons. The van der Waals surface area contributed by atoms with Crippen LogP contribution in [0.5, 0.6) is 11.5 Å². The Balaban J connectivity index is 1.80. The lowest BCUT2D eigenvalue weighted by Gasteiger charge is -2.13. The van der Waals surface area contributed by atoms with Crippen LogP contribution in [0.15, 0.2) is 36.4 Å². The van der Waals surface area contributed by atoms with E-state index >= 15 is 0 Å². The fourth-order valence-corrected chi connectivity index (χ4v) is 2.33. The van der Waals surface area contributed by atoms with Gasteiger partial charge in [0.25, 0.3) is 0 Å². The van der Waals surface area contributed by atoms with Crippen LogP contribution in [0.1, 0.15) is 22.8 Å². The standard InChI is InChI=1S/C16H15FO3/c1-10-6-13(17)4-2-11(10)7-14(18)12-3-5-15-16(8-12)20-9-19-15/h2-6,8,14,18H,7,9H2,1H3. The predicted molar refractivity (Wildman–Crippen MR) is 72.4 cm³/mol. The molecule has 104 valence electrons. The molecule has 2 aromatic carbocycles. The molecule has 0 amide bonds. The van der Waals surface area contributed by atoms with Crippen LogP contribution in [0.4, 0.5) is 4.39 Å². The van der Waals surface area contributed by atoms with Gasteiger partial charge in [0.1, 0.15) is 5.82 Å². The van der Waals surface area contributed by atoms with Crippen LogP contribution in [0, 0.1) is 12.7 Å². The van der Waals surface area contributed by atoms with E-state index in [1.807, 2.05) is 13.0 Å². The first-order valence-electron chi connectivity index (χ1n) is 6.46. The largest absolute Gasteiger partial charge is 0.454 e. The number of rotatable bonds is 3. The summed E-state index contributed by atoms with van der Waals surface area (Å²) in [5.41, 5.74) is 2.53. The molecule has 1 aliphatic rings. The van der Waals surface area contributed by atoms with Gasteiger partial charge >= 0.3 is 0 Å². The van der Waals surface area contributed by atoms with Crippen molar-refractivity contribution >= 4 is 0 Å². The van der Waals surface area contributed by atoms with E-state index < -0.39 is 6.10 Å². The third-order valence-corrected chi connectivity index (χ3v) is 3.50. The molecular formula is C16H15FO3. The average Bonchev–Trinajstić information content (AvgIpc) is 2.89. The number of aliphatic hydroxyl groups excluding tert-OH is 1. The second kappa shape index (κ2) is 5.13. The van der Waals surface area contributed by atoms with Gasteiger partial charge in [0.15, 0.2) is 11.5 Å². The molecule has 4 heteroatoms. The van der Waals surface area contributed by atoms with Crippen LogP contribution in [-0.2, 0) is 6.42 Å². The highest BCUT2D eigenvalue weighted by atomic mass is 19.1. The van der Waals surface area contributed by atoms with Crippen molar-refractivity contribution in [3.63, 3.8) is 0 Å². The fourth-order valence-electron chi connectivity index (χ4n) is 2.33. The zero-order chi connectivity index (χ0) is 14.1. The minimum Gasteiger partial charge on any atom is -0.454 e. The van der Waals surface area contributed by atoms with Crippen molar-refractivity contribution in [1.29, 1.82) is 0 Å². The molecule has 1 N–H and O–H groups in total. The minimum atomic E-state index is -0.659. The van der Waals surface area contributed by atoms with Gasteiger partial charge in [-0.3, -0.25) is 0 Å². The molecule has 0 saturated carbocycles. The van der Waals surface area contributed by atoms with E-state index in [4.69, 9.17) is 9.47 Å². The number of benzene rings is 2. The number of aryl methyl sites for hydroxylation is 1. The van der Waals surface area contributed by atoms with Crippen molar-refractivity contribution in [3.05, 3.63) is 58.9 Å². The summed E-state index contributed by atoms with van der Waals surface area (Å²) in [4.78, 5) is 0. The molecule has 0 aliphatic carbocycles. The highest BCUT2D eigenvalue weighted by molar-refractivity contribution is 5.45. The Kier molecular flexibility index (Phi) is 3.32. The zero-order valence-corrected chi connectivity index (χ0v) is 11.1. The van der Waals surface area contributed by atoms with E-state index in [0.29, 0.717) is 17.9 Å². The molecule has 2 aromatic rings. The molecule has 1 heterocycles. The van der Waals surface area contributed by atoms with Crippen molar-refractivity contribution < 1.29 is 19.0 Å². The maximum Gasteiger partial charge on any atom is 0.231 e. The van der Waals surface area contributed by atoms with Gasteiger partial charge in [-0.15, -0.1) is 0 Å². The van der Waals surface area contributed by atoms with Crippen molar-refractivity contribution in [3.8, 4) is 11.5 Å². The van der Waals surface area contributed by atoms with E-state index in [2.05, 4.69) is 0 Å². The number of halogens is 1. The van der Waals surface area contributed by atoms with Gasteiger partial charge in [-0.1, -0.05) is 12.1 Å². The molecule has 0 saturated heterocycles. The number of ether oxygens (including phenoxy) is 2. The lowest BCUT2D eigenvalue weighted by molar-refractivity contribution is 0.171. The summed E-state index contributed by atoms with van der Waals surface area (Å²) in [6.45, 7) is 2.05. The summed E-state index contributed by atoms with van der Waals surface area (Å²) < 4.78 is 23.6. The molecule has 1 aliphatic heterocycles. The van der Waals surface area contributed by atoms with Gasteiger partial charge in [-0.05, 0) is 47.9 Å². The van der Waals surface area contributed by atoms with Crippen LogP contribution < -0.4 is 9.47 Å². The molecule has 0 aromatic heterocycles. The molecule has 0 bridgehead atoms. The van der Waals surface area contributed by atoms with Gasteiger partial charge in [-0.25, -0.2) is 4.39 Å². The van der Waals surface area contributed by atoms with Gasteiger partial charge in [-0.2, -0.15) is 0 Å². The lowest BCUT2D eigenvalue weighted by Crippen LogP contribution is -2.03. The van der Waals surface area contributed by atoms with Gasteiger partial charge in [0.05, 0.1) is 6.10 Å².